The highest BCUT2D eigenvalue weighted by Gasteiger charge is 2.29. The largest absolute Gasteiger partial charge is 0.507 e. The number of esters is 1. The first-order valence-electron chi connectivity index (χ1n) is 10.9. The normalized spacial score (nSPS) is 12.6. The molecule has 0 aliphatic carbocycles. The molecule has 0 fully saturated rings. The number of hydrogen-bond acceptors (Lipinski definition) is 6. The van der Waals surface area contributed by atoms with Gasteiger partial charge in [0, 0.05) is 24.7 Å². The van der Waals surface area contributed by atoms with Crippen molar-refractivity contribution in [3.05, 3.63) is 63.2 Å². The van der Waals surface area contributed by atoms with E-state index in [1.54, 1.807) is 0 Å². The molecule has 184 valence electrons. The number of hydrogen-bond donors (Lipinski definition) is 3. The minimum atomic E-state index is -0.704. The molecule has 1 unspecified atom stereocenters. The number of phenolic OH excluding ortho intramolecular Hbond substituents is 1. The van der Waals surface area contributed by atoms with E-state index in [2.05, 4.69) is 10.6 Å². The molecule has 0 radical (unpaired) electrons. The van der Waals surface area contributed by atoms with Crippen LogP contribution >= 0.6 is 0 Å². The van der Waals surface area contributed by atoms with Gasteiger partial charge in [0.2, 0.25) is 0 Å². The summed E-state index contributed by atoms with van der Waals surface area (Å²) in [6.07, 6.45) is 0. The number of ether oxygens (including phenoxy) is 1. The number of carbonyl (C=O) groups is 2. The van der Waals surface area contributed by atoms with Gasteiger partial charge in [0.05, 0.1) is 11.0 Å². The molecule has 0 bridgehead atoms. The van der Waals surface area contributed by atoms with Crippen molar-refractivity contribution in [1.29, 1.82) is 0 Å². The summed E-state index contributed by atoms with van der Waals surface area (Å²) >= 11 is 0. The lowest BCUT2D eigenvalue weighted by Crippen LogP contribution is -2.35. The van der Waals surface area contributed by atoms with Gasteiger partial charge in [-0.2, -0.15) is 0 Å². The molecule has 2 aromatic rings. The number of anilines is 1. The molecule has 34 heavy (non-hydrogen) atoms. The van der Waals surface area contributed by atoms with Gasteiger partial charge in [-0.1, -0.05) is 41.5 Å². The second-order valence-corrected chi connectivity index (χ2v) is 10.2. The molecule has 2 amide bonds. The molecular formula is C25H33N3O6. The maximum absolute atomic E-state index is 12.7. The van der Waals surface area contributed by atoms with E-state index in [1.165, 1.54) is 31.2 Å². The molecule has 9 nitrogen and oxygen atoms in total. The summed E-state index contributed by atoms with van der Waals surface area (Å²) in [6.45, 7) is 13.1. The number of carbonyl (C=O) groups excluding carboxylic acids is 2. The van der Waals surface area contributed by atoms with Crippen molar-refractivity contribution in [3.63, 3.8) is 0 Å². The van der Waals surface area contributed by atoms with Crippen LogP contribution in [0, 0.1) is 10.1 Å². The van der Waals surface area contributed by atoms with Gasteiger partial charge in [-0.05, 0) is 51.8 Å². The molecule has 0 aliphatic heterocycles. The highest BCUT2D eigenvalue weighted by atomic mass is 16.6. The monoisotopic (exact) mass is 471 g/mol. The minimum Gasteiger partial charge on any atom is -0.507 e. The Labute approximate surface area is 199 Å². The van der Waals surface area contributed by atoms with E-state index in [1.807, 2.05) is 53.7 Å². The van der Waals surface area contributed by atoms with Crippen LogP contribution in [0.3, 0.4) is 0 Å². The summed E-state index contributed by atoms with van der Waals surface area (Å²) in [7, 11) is 0. The van der Waals surface area contributed by atoms with E-state index in [0.29, 0.717) is 22.4 Å². The lowest BCUT2D eigenvalue weighted by Gasteiger charge is -2.30. The molecule has 2 rings (SSSR count). The Morgan fingerprint density at radius 3 is 1.94 bits per heavy atom. The van der Waals surface area contributed by atoms with E-state index in [4.69, 9.17) is 4.74 Å². The summed E-state index contributed by atoms with van der Waals surface area (Å²) in [5.41, 5.74) is 1.60. The van der Waals surface area contributed by atoms with Crippen LogP contribution in [0.1, 0.15) is 71.2 Å². The van der Waals surface area contributed by atoms with Crippen molar-refractivity contribution in [2.24, 2.45) is 0 Å². The quantitative estimate of drug-likeness (QED) is 0.297. The Morgan fingerprint density at radius 1 is 1.03 bits per heavy atom. The van der Waals surface area contributed by atoms with Crippen molar-refractivity contribution in [3.8, 4) is 5.75 Å². The SMILES string of the molecule is CC(=O)OCC(NC(=O)Nc1ccc([N+](=O)[O-])cc1)c1cc(C(C)(C)C)c(O)c(C(C)(C)C)c1. The Hall–Kier alpha value is -3.62. The number of aromatic hydroxyl groups is 1. The zero-order chi connectivity index (χ0) is 25.8. The Bertz CT molecular complexity index is 1030. The molecule has 3 N–H and O–H groups in total. The second-order valence-electron chi connectivity index (χ2n) is 10.2. The molecule has 0 saturated carbocycles. The maximum atomic E-state index is 12.7. The second kappa shape index (κ2) is 10.1. The summed E-state index contributed by atoms with van der Waals surface area (Å²) in [5.74, 6) is -0.293. The average molecular weight is 472 g/mol. The van der Waals surface area contributed by atoms with Crippen molar-refractivity contribution in [2.45, 2.75) is 65.3 Å². The van der Waals surface area contributed by atoms with Crippen LogP contribution < -0.4 is 10.6 Å². The van der Waals surface area contributed by atoms with E-state index < -0.39 is 23.0 Å². The van der Waals surface area contributed by atoms with Crippen LogP contribution in [0.2, 0.25) is 0 Å². The maximum Gasteiger partial charge on any atom is 0.319 e. The highest BCUT2D eigenvalue weighted by Crippen LogP contribution is 2.41. The molecular weight excluding hydrogens is 438 g/mol. The third-order valence-corrected chi connectivity index (χ3v) is 5.25. The molecule has 1 atom stereocenters. The smallest absolute Gasteiger partial charge is 0.319 e. The number of amides is 2. The summed E-state index contributed by atoms with van der Waals surface area (Å²) < 4.78 is 5.21. The predicted octanol–water partition coefficient (Wildman–Crippen LogP) is 5.32. The van der Waals surface area contributed by atoms with Gasteiger partial charge in [0.15, 0.2) is 0 Å². The number of nitrogens with one attached hydrogen (secondary N) is 2. The van der Waals surface area contributed by atoms with Gasteiger partial charge in [0.25, 0.3) is 5.69 Å². The van der Waals surface area contributed by atoms with Crippen molar-refractivity contribution < 1.29 is 24.4 Å². The fourth-order valence-electron chi connectivity index (χ4n) is 3.42. The molecule has 0 spiro atoms. The van der Waals surface area contributed by atoms with Crippen LogP contribution in [0.5, 0.6) is 5.75 Å². The van der Waals surface area contributed by atoms with Gasteiger partial charge < -0.3 is 20.5 Å². The van der Waals surface area contributed by atoms with Gasteiger partial charge in [-0.25, -0.2) is 4.79 Å². The average Bonchev–Trinajstić information content (AvgIpc) is 2.69. The van der Waals surface area contributed by atoms with Crippen LogP contribution in [0.25, 0.3) is 0 Å². The number of benzene rings is 2. The van der Waals surface area contributed by atoms with E-state index in [-0.39, 0.29) is 28.9 Å². The lowest BCUT2D eigenvalue weighted by atomic mass is 9.77. The number of nitrogens with zero attached hydrogens (tertiary/aromatic N) is 1. The Morgan fingerprint density at radius 2 is 1.53 bits per heavy atom. The predicted molar refractivity (Wildman–Crippen MR) is 130 cm³/mol. The number of nitro groups is 1. The van der Waals surface area contributed by atoms with Gasteiger partial charge >= 0.3 is 12.0 Å². The number of nitro benzene ring substituents is 1. The first-order valence-corrected chi connectivity index (χ1v) is 10.9. The van der Waals surface area contributed by atoms with Crippen LogP contribution in [0.4, 0.5) is 16.2 Å². The van der Waals surface area contributed by atoms with Crippen molar-refractivity contribution >= 4 is 23.4 Å². The van der Waals surface area contributed by atoms with Gasteiger partial charge in [-0.3, -0.25) is 14.9 Å². The molecule has 9 heteroatoms. The number of urea groups is 1. The molecule has 0 heterocycles. The number of non-ortho nitro benzene ring substituents is 1. The van der Waals surface area contributed by atoms with E-state index in [0.717, 1.165) is 0 Å². The standard InChI is InChI=1S/C25H33N3O6/c1-15(29)34-14-21(27-23(31)26-17-8-10-18(11-9-17)28(32)33)16-12-19(24(2,3)4)22(30)20(13-16)25(5,6)7/h8-13,21,30H,14H2,1-7H3,(H2,26,27,31). The minimum absolute atomic E-state index is 0.0906. The molecule has 2 aromatic carbocycles. The number of phenols is 1. The third-order valence-electron chi connectivity index (χ3n) is 5.25. The fraction of sp³-hybridized carbons (Fsp3) is 0.440. The van der Waals surface area contributed by atoms with E-state index in [9.17, 15) is 24.8 Å². The fourth-order valence-corrected chi connectivity index (χ4v) is 3.42. The Balaban J connectivity index is 2.42. The Kier molecular flexibility index (Phi) is 7.92. The molecule has 0 aliphatic rings. The number of rotatable bonds is 6. The first-order chi connectivity index (χ1) is 15.6. The molecule has 0 saturated heterocycles. The zero-order valence-corrected chi connectivity index (χ0v) is 20.7. The third kappa shape index (κ3) is 6.94. The molecule has 0 aromatic heterocycles. The van der Waals surface area contributed by atoms with Crippen molar-refractivity contribution in [1.82, 2.24) is 5.32 Å². The summed E-state index contributed by atoms with van der Waals surface area (Å²) in [6, 6.07) is 7.77. The van der Waals surface area contributed by atoms with E-state index >= 15 is 0 Å². The van der Waals surface area contributed by atoms with Crippen LogP contribution in [-0.2, 0) is 20.4 Å². The zero-order valence-electron chi connectivity index (χ0n) is 20.7. The van der Waals surface area contributed by atoms with Gasteiger partial charge in [0.1, 0.15) is 12.4 Å². The highest BCUT2D eigenvalue weighted by molar-refractivity contribution is 5.89. The van der Waals surface area contributed by atoms with Crippen LogP contribution in [-0.4, -0.2) is 28.6 Å². The summed E-state index contributed by atoms with van der Waals surface area (Å²) in [5, 5.41) is 27.3. The topological polar surface area (TPSA) is 131 Å². The van der Waals surface area contributed by atoms with Gasteiger partial charge in [-0.15, -0.1) is 0 Å². The lowest BCUT2D eigenvalue weighted by molar-refractivity contribution is -0.384. The summed E-state index contributed by atoms with van der Waals surface area (Å²) in [4.78, 5) is 34.6. The van der Waals surface area contributed by atoms with Crippen molar-refractivity contribution in [2.75, 3.05) is 11.9 Å². The van der Waals surface area contributed by atoms with Crippen LogP contribution in [0.15, 0.2) is 36.4 Å². The first kappa shape index (κ1) is 26.6.